The first-order valence-corrected chi connectivity index (χ1v) is 8.01. The lowest BCUT2D eigenvalue weighted by Gasteiger charge is -2.25. The van der Waals surface area contributed by atoms with Crippen molar-refractivity contribution in [2.75, 3.05) is 50.0 Å². The molecule has 2 heterocycles. The predicted octanol–water partition coefficient (Wildman–Crippen LogP) is 0.142. The Bertz CT molecular complexity index is 468. The number of piperidine rings is 1. The van der Waals surface area contributed by atoms with Crippen LogP contribution in [-0.4, -0.2) is 65.4 Å². The molecule has 0 unspecified atom stereocenters. The molecule has 2 rings (SSSR count). The summed E-state index contributed by atoms with van der Waals surface area (Å²) in [5.74, 6) is -0.0530. The fourth-order valence-corrected chi connectivity index (χ4v) is 3.40. The number of carbonyl (C=O) groups is 1. The van der Waals surface area contributed by atoms with Gasteiger partial charge in [0.05, 0.1) is 13.2 Å². The summed E-state index contributed by atoms with van der Waals surface area (Å²) in [4.78, 5) is 20.7. The maximum atomic E-state index is 12.4. The fraction of sp³-hybridized carbons (Fsp3) is 0.692. The van der Waals surface area contributed by atoms with Crippen LogP contribution < -0.4 is 10.6 Å². The molecule has 1 aromatic heterocycles. The van der Waals surface area contributed by atoms with Gasteiger partial charge in [-0.15, -0.1) is 0 Å². The van der Waals surface area contributed by atoms with Gasteiger partial charge in [-0.2, -0.15) is 0 Å². The average molecular weight is 314 g/mol. The number of aromatic nitrogens is 1. The number of aliphatic hydroxyl groups excluding tert-OH is 2. The Morgan fingerprint density at radius 3 is 2.43 bits per heavy atom. The second-order valence-corrected chi connectivity index (χ2v) is 5.98. The van der Waals surface area contributed by atoms with E-state index in [4.69, 9.17) is 15.9 Å². The number of nitrogen functional groups attached to an aromatic ring is 1. The molecule has 4 N–H and O–H groups in total. The third kappa shape index (κ3) is 3.84. The molecule has 0 saturated carbocycles. The summed E-state index contributed by atoms with van der Waals surface area (Å²) >= 11 is 1.29. The third-order valence-electron chi connectivity index (χ3n) is 3.49. The largest absolute Gasteiger partial charge is 0.395 e. The zero-order valence-corrected chi connectivity index (χ0v) is 12.8. The Morgan fingerprint density at radius 2 is 1.86 bits per heavy atom. The van der Waals surface area contributed by atoms with Crippen molar-refractivity contribution in [1.82, 2.24) is 9.88 Å². The molecule has 1 aliphatic rings. The molecule has 1 aliphatic heterocycles. The van der Waals surface area contributed by atoms with Crippen LogP contribution in [0.15, 0.2) is 0 Å². The molecule has 1 aromatic rings. The predicted molar refractivity (Wildman–Crippen MR) is 82.7 cm³/mol. The Morgan fingerprint density at radius 1 is 1.24 bits per heavy atom. The van der Waals surface area contributed by atoms with Gasteiger partial charge >= 0.3 is 0 Å². The van der Waals surface area contributed by atoms with Crippen molar-refractivity contribution >= 4 is 28.2 Å². The van der Waals surface area contributed by atoms with E-state index in [2.05, 4.69) is 9.88 Å². The van der Waals surface area contributed by atoms with Crippen LogP contribution >= 0.6 is 11.3 Å². The number of nitrogens with two attached hydrogens (primary N) is 1. The van der Waals surface area contributed by atoms with Gasteiger partial charge in [-0.1, -0.05) is 11.3 Å². The van der Waals surface area contributed by atoms with Crippen molar-refractivity contribution in [3.8, 4) is 0 Å². The Hall–Kier alpha value is -1.38. The highest BCUT2D eigenvalue weighted by atomic mass is 32.1. The van der Waals surface area contributed by atoms with E-state index in [0.717, 1.165) is 31.1 Å². The molecule has 7 nitrogen and oxygen atoms in total. The first-order chi connectivity index (χ1) is 10.2. The van der Waals surface area contributed by atoms with Crippen molar-refractivity contribution in [2.24, 2.45) is 0 Å². The highest BCUT2D eigenvalue weighted by molar-refractivity contribution is 7.18. The van der Waals surface area contributed by atoms with Crippen LogP contribution in [0.3, 0.4) is 0 Å². The van der Waals surface area contributed by atoms with Crippen molar-refractivity contribution in [3.63, 3.8) is 0 Å². The summed E-state index contributed by atoms with van der Waals surface area (Å²) in [5, 5.41) is 18.8. The molecule has 1 saturated heterocycles. The molecule has 8 heteroatoms. The molecular weight excluding hydrogens is 292 g/mol. The van der Waals surface area contributed by atoms with E-state index in [-0.39, 0.29) is 38.0 Å². The Labute approximate surface area is 128 Å². The van der Waals surface area contributed by atoms with Crippen LogP contribution in [0.25, 0.3) is 0 Å². The van der Waals surface area contributed by atoms with Gasteiger partial charge < -0.3 is 25.7 Å². The molecule has 0 atom stereocenters. The molecule has 0 bridgehead atoms. The molecule has 0 aliphatic carbocycles. The first-order valence-electron chi connectivity index (χ1n) is 7.19. The lowest BCUT2D eigenvalue weighted by molar-refractivity contribution is 0.0690. The number of hydrogen-bond acceptors (Lipinski definition) is 7. The Balaban J connectivity index is 2.14. The topological polar surface area (TPSA) is 103 Å². The lowest BCUT2D eigenvalue weighted by atomic mass is 10.1. The van der Waals surface area contributed by atoms with Gasteiger partial charge in [-0.25, -0.2) is 4.98 Å². The molecule has 1 amide bonds. The summed E-state index contributed by atoms with van der Waals surface area (Å²) in [6.07, 6.45) is 3.48. The number of carbonyl (C=O) groups excluding carboxylic acids is 1. The van der Waals surface area contributed by atoms with Crippen molar-refractivity contribution in [3.05, 3.63) is 4.88 Å². The first kappa shape index (κ1) is 16.0. The monoisotopic (exact) mass is 314 g/mol. The molecule has 118 valence electrons. The number of anilines is 2. The second kappa shape index (κ2) is 7.58. The van der Waals surface area contributed by atoms with Crippen LogP contribution in [0.4, 0.5) is 10.9 Å². The van der Waals surface area contributed by atoms with Crippen molar-refractivity contribution < 1.29 is 15.0 Å². The summed E-state index contributed by atoms with van der Waals surface area (Å²) in [6, 6.07) is 0. The normalized spacial score (nSPS) is 15.2. The standard InChI is InChI=1S/C13H22N4O3S/c14-11-10(12(20)16(6-8-18)7-9-19)21-13(15-11)17-4-2-1-3-5-17/h18-19H,1-9,14H2. The number of aliphatic hydroxyl groups is 2. The van der Waals surface area contributed by atoms with Gasteiger partial charge in [0, 0.05) is 26.2 Å². The van der Waals surface area contributed by atoms with Crippen LogP contribution in [-0.2, 0) is 0 Å². The zero-order valence-electron chi connectivity index (χ0n) is 12.0. The number of nitrogens with zero attached hydrogens (tertiary/aromatic N) is 3. The van der Waals surface area contributed by atoms with Gasteiger partial charge in [-0.3, -0.25) is 4.79 Å². The van der Waals surface area contributed by atoms with E-state index in [0.29, 0.717) is 4.88 Å². The van der Waals surface area contributed by atoms with Gasteiger partial charge in [0.2, 0.25) is 0 Å². The number of rotatable bonds is 6. The number of amides is 1. The summed E-state index contributed by atoms with van der Waals surface area (Å²) in [7, 11) is 0. The Kier molecular flexibility index (Phi) is 5.77. The van der Waals surface area contributed by atoms with Gasteiger partial charge in [0.25, 0.3) is 5.91 Å². The highest BCUT2D eigenvalue weighted by Gasteiger charge is 2.24. The van der Waals surface area contributed by atoms with Gasteiger partial charge in [0.1, 0.15) is 10.7 Å². The highest BCUT2D eigenvalue weighted by Crippen LogP contribution is 2.30. The maximum Gasteiger partial charge on any atom is 0.268 e. The third-order valence-corrected chi connectivity index (χ3v) is 4.61. The minimum atomic E-state index is -0.281. The van der Waals surface area contributed by atoms with Gasteiger partial charge in [-0.05, 0) is 19.3 Å². The average Bonchev–Trinajstić information content (AvgIpc) is 2.89. The number of thiazole rings is 1. The van der Waals surface area contributed by atoms with Crippen LogP contribution in [0.5, 0.6) is 0 Å². The molecule has 21 heavy (non-hydrogen) atoms. The molecular formula is C13H22N4O3S. The maximum absolute atomic E-state index is 12.4. The van der Waals surface area contributed by atoms with E-state index in [1.807, 2.05) is 0 Å². The van der Waals surface area contributed by atoms with Crippen molar-refractivity contribution in [2.45, 2.75) is 19.3 Å². The fourth-order valence-electron chi connectivity index (χ4n) is 2.39. The summed E-state index contributed by atoms with van der Waals surface area (Å²) in [6.45, 7) is 1.94. The minimum Gasteiger partial charge on any atom is -0.395 e. The molecule has 0 aromatic carbocycles. The van der Waals surface area contributed by atoms with Gasteiger partial charge in [0.15, 0.2) is 5.13 Å². The second-order valence-electron chi connectivity index (χ2n) is 5.00. The SMILES string of the molecule is Nc1nc(N2CCCCC2)sc1C(=O)N(CCO)CCO. The smallest absolute Gasteiger partial charge is 0.268 e. The van der Waals surface area contributed by atoms with E-state index in [9.17, 15) is 4.79 Å². The lowest BCUT2D eigenvalue weighted by Crippen LogP contribution is -2.35. The van der Waals surface area contributed by atoms with Crippen molar-refractivity contribution in [1.29, 1.82) is 0 Å². The van der Waals surface area contributed by atoms with Crippen LogP contribution in [0.1, 0.15) is 28.9 Å². The van der Waals surface area contributed by atoms with E-state index >= 15 is 0 Å². The van der Waals surface area contributed by atoms with Crippen LogP contribution in [0, 0.1) is 0 Å². The molecule has 0 spiro atoms. The van der Waals surface area contributed by atoms with E-state index in [1.54, 1.807) is 0 Å². The van der Waals surface area contributed by atoms with Crippen LogP contribution in [0.2, 0.25) is 0 Å². The molecule has 1 fully saturated rings. The number of hydrogen-bond donors (Lipinski definition) is 3. The molecule has 0 radical (unpaired) electrons. The summed E-state index contributed by atoms with van der Waals surface area (Å²) < 4.78 is 0. The quantitative estimate of drug-likeness (QED) is 0.690. The van der Waals surface area contributed by atoms with E-state index < -0.39 is 0 Å². The summed E-state index contributed by atoms with van der Waals surface area (Å²) in [5.41, 5.74) is 5.88. The minimum absolute atomic E-state index is 0.149. The zero-order chi connectivity index (χ0) is 15.2. The van der Waals surface area contributed by atoms with E-state index in [1.165, 1.54) is 22.7 Å².